The summed E-state index contributed by atoms with van der Waals surface area (Å²) in [5.74, 6) is 0.286. The first-order valence-electron chi connectivity index (χ1n) is 11.6. The molecule has 0 saturated heterocycles. The number of benzene rings is 5. The highest BCUT2D eigenvalue weighted by atomic mass is 35.5. The van der Waals surface area contributed by atoms with Crippen molar-refractivity contribution in [1.29, 1.82) is 0 Å². The molecule has 0 aliphatic heterocycles. The minimum absolute atomic E-state index is 0.265. The van der Waals surface area contributed by atoms with Gasteiger partial charge in [-0.1, -0.05) is 116 Å². The first kappa shape index (κ1) is 23.3. The van der Waals surface area contributed by atoms with Gasteiger partial charge >= 0.3 is 5.97 Å². The average Bonchev–Trinajstić information content (AvgIpc) is 2.91. The predicted molar refractivity (Wildman–Crippen MR) is 149 cm³/mol. The molecule has 0 saturated carbocycles. The molecule has 0 N–H and O–H groups in total. The number of carbonyl (C=O) groups is 1. The second-order valence-electron chi connectivity index (χ2n) is 8.16. The Morgan fingerprint density at radius 3 is 2.06 bits per heavy atom. The summed E-state index contributed by atoms with van der Waals surface area (Å²) in [4.78, 5) is 12.4. The Bertz CT molecular complexity index is 1440. The van der Waals surface area contributed by atoms with Gasteiger partial charge in [0.1, 0.15) is 5.75 Å². The van der Waals surface area contributed by atoms with Crippen LogP contribution in [0.3, 0.4) is 0 Å². The monoisotopic (exact) mass is 494 g/mol. The molecule has 0 spiro atoms. The molecule has 0 aliphatic rings. The van der Waals surface area contributed by atoms with E-state index in [0.29, 0.717) is 17.2 Å². The molecular formula is C31H24ClO2P. The van der Waals surface area contributed by atoms with E-state index >= 15 is 0 Å². The molecular weight excluding hydrogens is 471 g/mol. The predicted octanol–water partition coefficient (Wildman–Crippen LogP) is 7.23. The molecule has 2 nitrogen and oxygen atoms in total. The Hall–Kier alpha value is -3.45. The van der Waals surface area contributed by atoms with E-state index < -0.39 is 7.92 Å². The maximum absolute atomic E-state index is 12.4. The van der Waals surface area contributed by atoms with E-state index in [1.165, 1.54) is 10.6 Å². The van der Waals surface area contributed by atoms with Gasteiger partial charge in [0.05, 0.1) is 0 Å². The smallest absolute Gasteiger partial charge is 0.310 e. The fourth-order valence-corrected chi connectivity index (χ4v) is 6.90. The summed E-state index contributed by atoms with van der Waals surface area (Å²) in [6.45, 7) is 1.80. The lowest BCUT2D eigenvalue weighted by Crippen LogP contribution is -2.22. The van der Waals surface area contributed by atoms with Crippen molar-refractivity contribution in [3.05, 3.63) is 120 Å². The summed E-state index contributed by atoms with van der Waals surface area (Å²) in [6.07, 6.45) is 0.301. The van der Waals surface area contributed by atoms with Gasteiger partial charge in [-0.25, -0.2) is 0 Å². The van der Waals surface area contributed by atoms with Crippen LogP contribution in [0.1, 0.15) is 13.3 Å². The number of ether oxygens (including phenoxy) is 1. The number of hydrogen-bond donors (Lipinski definition) is 0. The van der Waals surface area contributed by atoms with Crippen molar-refractivity contribution in [3.63, 3.8) is 0 Å². The first-order valence-corrected chi connectivity index (χ1v) is 13.3. The van der Waals surface area contributed by atoms with Crippen LogP contribution in [0.2, 0.25) is 5.02 Å². The van der Waals surface area contributed by atoms with Crippen molar-refractivity contribution in [3.8, 4) is 16.9 Å². The van der Waals surface area contributed by atoms with Gasteiger partial charge in [0, 0.05) is 17.0 Å². The minimum Gasteiger partial charge on any atom is -0.426 e. The van der Waals surface area contributed by atoms with E-state index in [2.05, 4.69) is 66.7 Å². The molecule has 0 fully saturated rings. The molecule has 5 rings (SSSR count). The van der Waals surface area contributed by atoms with Gasteiger partial charge in [0.25, 0.3) is 0 Å². The zero-order chi connectivity index (χ0) is 24.2. The number of fused-ring (bicyclic) bond motifs is 1. The van der Waals surface area contributed by atoms with Gasteiger partial charge < -0.3 is 4.74 Å². The maximum atomic E-state index is 12.4. The highest BCUT2D eigenvalue weighted by Gasteiger charge is 2.24. The largest absolute Gasteiger partial charge is 0.426 e. The molecule has 5 aromatic carbocycles. The van der Waals surface area contributed by atoms with Crippen molar-refractivity contribution in [2.45, 2.75) is 13.3 Å². The first-order chi connectivity index (χ1) is 17.2. The van der Waals surface area contributed by atoms with Crippen LogP contribution >= 0.6 is 19.5 Å². The van der Waals surface area contributed by atoms with Gasteiger partial charge in [-0.05, 0) is 58.4 Å². The molecule has 0 aromatic heterocycles. The number of halogens is 1. The van der Waals surface area contributed by atoms with Crippen LogP contribution in [0.25, 0.3) is 21.9 Å². The Balaban J connectivity index is 1.83. The number of carbonyl (C=O) groups excluding carboxylic acids is 1. The molecule has 5 aromatic rings. The van der Waals surface area contributed by atoms with Crippen LogP contribution in [-0.4, -0.2) is 5.97 Å². The second kappa shape index (κ2) is 10.4. The van der Waals surface area contributed by atoms with Gasteiger partial charge in [0.15, 0.2) is 0 Å². The SMILES string of the molecule is CCC(=O)Oc1ccc2ccccc2c1-c1cc(Cl)ccc1P(c1ccccc1)c1ccccc1. The molecule has 0 amide bonds. The molecule has 4 heteroatoms. The van der Waals surface area contributed by atoms with Gasteiger partial charge in [-0.15, -0.1) is 0 Å². The van der Waals surface area contributed by atoms with Crippen molar-refractivity contribution < 1.29 is 9.53 Å². The van der Waals surface area contributed by atoms with Gasteiger partial charge in [-0.2, -0.15) is 0 Å². The molecule has 172 valence electrons. The van der Waals surface area contributed by atoms with Crippen LogP contribution in [0.15, 0.2) is 115 Å². The fraction of sp³-hybridized carbons (Fsp3) is 0.0645. The van der Waals surface area contributed by atoms with E-state index in [-0.39, 0.29) is 5.97 Å². The highest BCUT2D eigenvalue weighted by molar-refractivity contribution is 7.80. The summed E-state index contributed by atoms with van der Waals surface area (Å²) in [5, 5.41) is 6.38. The molecule has 0 heterocycles. The summed E-state index contributed by atoms with van der Waals surface area (Å²) in [6, 6.07) is 39.3. The minimum atomic E-state index is -0.894. The van der Waals surface area contributed by atoms with Crippen molar-refractivity contribution >= 4 is 52.2 Å². The topological polar surface area (TPSA) is 26.3 Å². The Kier molecular flexibility index (Phi) is 6.95. The molecule has 0 atom stereocenters. The summed E-state index contributed by atoms with van der Waals surface area (Å²) >= 11 is 6.60. The molecule has 0 unspecified atom stereocenters. The third-order valence-electron chi connectivity index (χ3n) is 5.90. The Morgan fingerprint density at radius 2 is 1.40 bits per heavy atom. The lowest BCUT2D eigenvalue weighted by molar-refractivity contribution is -0.133. The van der Waals surface area contributed by atoms with E-state index in [0.717, 1.165) is 27.2 Å². The third-order valence-corrected chi connectivity index (χ3v) is 8.64. The van der Waals surface area contributed by atoms with Crippen LogP contribution in [0.5, 0.6) is 5.75 Å². The van der Waals surface area contributed by atoms with Crippen molar-refractivity contribution in [2.24, 2.45) is 0 Å². The van der Waals surface area contributed by atoms with Gasteiger partial charge in [-0.3, -0.25) is 4.79 Å². The lowest BCUT2D eigenvalue weighted by atomic mass is 9.97. The maximum Gasteiger partial charge on any atom is 0.310 e. The summed E-state index contributed by atoms with van der Waals surface area (Å²) in [7, 11) is -0.894. The Labute approximate surface area is 211 Å². The van der Waals surface area contributed by atoms with E-state index in [4.69, 9.17) is 16.3 Å². The highest BCUT2D eigenvalue weighted by Crippen LogP contribution is 2.43. The third kappa shape index (κ3) is 4.86. The molecule has 0 aliphatic carbocycles. The zero-order valence-electron chi connectivity index (χ0n) is 19.3. The number of rotatable bonds is 6. The Morgan fingerprint density at radius 1 is 0.771 bits per heavy atom. The standard InChI is InChI=1S/C31H24ClO2P/c1-2-30(33)34-28-19-17-22-11-9-10-16-26(22)31(28)27-21-23(32)18-20-29(27)35(24-12-5-3-6-13-24)25-14-7-4-8-15-25/h3-21H,2H2,1H3. The van der Waals surface area contributed by atoms with Crippen LogP contribution in [-0.2, 0) is 4.79 Å². The lowest BCUT2D eigenvalue weighted by Gasteiger charge is -2.24. The number of hydrogen-bond acceptors (Lipinski definition) is 2. The fourth-order valence-electron chi connectivity index (χ4n) is 4.29. The van der Waals surface area contributed by atoms with E-state index in [9.17, 15) is 4.79 Å². The number of esters is 1. The quantitative estimate of drug-likeness (QED) is 0.141. The van der Waals surface area contributed by atoms with Crippen LogP contribution in [0, 0.1) is 0 Å². The van der Waals surface area contributed by atoms with Crippen LogP contribution in [0.4, 0.5) is 0 Å². The van der Waals surface area contributed by atoms with E-state index in [1.54, 1.807) is 6.92 Å². The molecule has 35 heavy (non-hydrogen) atoms. The summed E-state index contributed by atoms with van der Waals surface area (Å²) in [5.41, 5.74) is 1.87. The van der Waals surface area contributed by atoms with E-state index in [1.807, 2.05) is 48.5 Å². The van der Waals surface area contributed by atoms with Crippen molar-refractivity contribution in [1.82, 2.24) is 0 Å². The normalized spacial score (nSPS) is 11.1. The molecule has 0 radical (unpaired) electrons. The molecule has 0 bridgehead atoms. The second-order valence-corrected chi connectivity index (χ2v) is 10.8. The summed E-state index contributed by atoms with van der Waals surface area (Å²) < 4.78 is 5.87. The zero-order valence-corrected chi connectivity index (χ0v) is 21.0. The van der Waals surface area contributed by atoms with Crippen molar-refractivity contribution in [2.75, 3.05) is 0 Å². The van der Waals surface area contributed by atoms with Gasteiger partial charge in [0.2, 0.25) is 0 Å². The average molecular weight is 495 g/mol. The van der Waals surface area contributed by atoms with Crippen LogP contribution < -0.4 is 20.7 Å².